The van der Waals surface area contributed by atoms with Crippen LogP contribution in [0.15, 0.2) is 97.1 Å². The summed E-state index contributed by atoms with van der Waals surface area (Å²) in [6.07, 6.45) is 5.44. The Labute approximate surface area is 396 Å². The van der Waals surface area contributed by atoms with Gasteiger partial charge in [-0.1, -0.05) is 102 Å². The molecular weight excluding hydrogens is 747 g/mol. The van der Waals surface area contributed by atoms with Crippen LogP contribution >= 0.6 is 23.2 Å². The molecule has 13 heteroatoms. The minimum Gasteiger partial charge on any atom is -1.00 e. The SMILES string of the molecule is O=CO[O-].O=Cc1c(Cl)cccc1N1CCN(Cc2ccccc2)CC1.O=Cc1c(F)cccc1Cl.[H-].[K+].[K+].c1ccc(CN2CCCCC2)cc1. The van der Waals surface area contributed by atoms with Crippen molar-refractivity contribution in [2.45, 2.75) is 32.4 Å². The summed E-state index contributed by atoms with van der Waals surface area (Å²) in [5.41, 5.74) is 4.25. The minimum atomic E-state index is -0.581. The van der Waals surface area contributed by atoms with Gasteiger partial charge in [0.15, 0.2) is 12.6 Å². The van der Waals surface area contributed by atoms with Gasteiger partial charge in [0.1, 0.15) is 5.82 Å². The first kappa shape index (κ1) is 48.2. The van der Waals surface area contributed by atoms with E-state index in [1.165, 1.54) is 61.7 Å². The standard InChI is InChI=1S/C18H19ClN2O.C12H17N.C7H4ClFO.CH2O3.2K.H/c19-17-7-4-8-18(16(17)14-22)21-11-9-20(10-12-21)13-15-5-2-1-3-6-15;1-3-7-12(8-4-1)11-13-9-5-2-6-10-13;8-6-2-1-3-7(9)5(6)4-10;2-1-4-3;;;/h1-8,14H,9-13H2;1,3-4,7-8H,2,5-6,9-11H2;1-4H;1,3H;;;/q;;;;2*+1;-1/p-1. The van der Waals surface area contributed by atoms with Crippen molar-refractivity contribution in [3.8, 4) is 0 Å². The number of hydrogen-bond donors (Lipinski definition) is 0. The average Bonchev–Trinajstić information content (AvgIpc) is 3.14. The van der Waals surface area contributed by atoms with Crippen molar-refractivity contribution in [1.29, 1.82) is 0 Å². The molecular formula is C38H42Cl2FK2N3O5. The molecule has 2 aliphatic heterocycles. The van der Waals surface area contributed by atoms with Gasteiger partial charge in [-0.2, -0.15) is 0 Å². The first-order valence-electron chi connectivity index (χ1n) is 16.0. The zero-order valence-electron chi connectivity index (χ0n) is 30.3. The van der Waals surface area contributed by atoms with Gasteiger partial charge < -0.3 is 16.5 Å². The Kier molecular flexibility index (Phi) is 27.0. The van der Waals surface area contributed by atoms with Crippen molar-refractivity contribution in [2.24, 2.45) is 0 Å². The van der Waals surface area contributed by atoms with Gasteiger partial charge in [0.2, 0.25) is 0 Å². The molecule has 0 aliphatic carbocycles. The summed E-state index contributed by atoms with van der Waals surface area (Å²) in [6.45, 7) is 8.30. The van der Waals surface area contributed by atoms with Crippen LogP contribution in [0.2, 0.25) is 10.0 Å². The molecule has 0 unspecified atom stereocenters. The topological polar surface area (TPSA) is 93.2 Å². The summed E-state index contributed by atoms with van der Waals surface area (Å²) in [6, 6.07) is 31.0. The van der Waals surface area contributed by atoms with E-state index in [9.17, 15) is 14.0 Å². The van der Waals surface area contributed by atoms with Crippen LogP contribution in [-0.2, 0) is 22.8 Å². The Balaban J connectivity index is 0.000000744. The monoisotopic (exact) mass is 787 g/mol. The summed E-state index contributed by atoms with van der Waals surface area (Å²) in [5.74, 6) is -0.581. The number of aldehydes is 2. The number of rotatable bonds is 8. The molecule has 262 valence electrons. The number of carbonyl (C=O) groups excluding carboxylic acids is 3. The zero-order chi connectivity index (χ0) is 35.3. The first-order valence-corrected chi connectivity index (χ1v) is 16.8. The van der Waals surface area contributed by atoms with E-state index in [0.717, 1.165) is 51.2 Å². The second-order valence-electron chi connectivity index (χ2n) is 11.3. The van der Waals surface area contributed by atoms with Gasteiger partial charge in [0.05, 0.1) is 21.2 Å². The summed E-state index contributed by atoms with van der Waals surface area (Å²) in [4.78, 5) is 39.9. The molecule has 4 aromatic carbocycles. The number of carbonyl (C=O) groups is 3. The van der Waals surface area contributed by atoms with Crippen molar-refractivity contribution in [1.82, 2.24) is 9.80 Å². The van der Waals surface area contributed by atoms with Gasteiger partial charge in [-0.05, 0) is 61.3 Å². The number of halogens is 3. The van der Waals surface area contributed by atoms with Crippen LogP contribution in [-0.4, -0.2) is 68.1 Å². The zero-order valence-corrected chi connectivity index (χ0v) is 37.0. The minimum absolute atomic E-state index is 0. The Morgan fingerprint density at radius 2 is 1.08 bits per heavy atom. The Morgan fingerprint density at radius 3 is 1.51 bits per heavy atom. The molecule has 8 nitrogen and oxygen atoms in total. The van der Waals surface area contributed by atoms with Gasteiger partial charge in [-0.15, -0.1) is 0 Å². The summed E-state index contributed by atoms with van der Waals surface area (Å²) in [7, 11) is 0. The number of piperazine rings is 1. The van der Waals surface area contributed by atoms with Crippen LogP contribution in [0.25, 0.3) is 0 Å². The molecule has 2 heterocycles. The predicted molar refractivity (Wildman–Crippen MR) is 191 cm³/mol. The quantitative estimate of drug-likeness (QED) is 0.113. The fourth-order valence-corrected chi connectivity index (χ4v) is 5.91. The van der Waals surface area contributed by atoms with Crippen LogP contribution in [0.1, 0.15) is 52.5 Å². The van der Waals surface area contributed by atoms with Gasteiger partial charge in [-0.25, -0.2) is 4.39 Å². The van der Waals surface area contributed by atoms with E-state index < -0.39 is 5.82 Å². The van der Waals surface area contributed by atoms with Crippen molar-refractivity contribution in [2.75, 3.05) is 44.2 Å². The van der Waals surface area contributed by atoms with E-state index in [1.807, 2.05) is 18.2 Å². The van der Waals surface area contributed by atoms with Crippen LogP contribution < -0.4 is 113 Å². The maximum absolute atomic E-state index is 12.5. The van der Waals surface area contributed by atoms with Gasteiger partial charge in [0, 0.05) is 45.0 Å². The molecule has 0 aromatic heterocycles. The molecule has 6 rings (SSSR count). The molecule has 2 saturated heterocycles. The second-order valence-corrected chi connectivity index (χ2v) is 12.1. The average molecular weight is 789 g/mol. The van der Waals surface area contributed by atoms with Crippen LogP contribution in [0.3, 0.4) is 0 Å². The smallest absolute Gasteiger partial charge is 1.00 e. The van der Waals surface area contributed by atoms with Crippen LogP contribution in [0.4, 0.5) is 10.1 Å². The first-order chi connectivity index (χ1) is 23.9. The van der Waals surface area contributed by atoms with Gasteiger partial charge in [0.25, 0.3) is 6.47 Å². The largest absolute Gasteiger partial charge is 1.00 e. The van der Waals surface area contributed by atoms with Crippen LogP contribution in [0, 0.1) is 5.82 Å². The third-order valence-electron chi connectivity index (χ3n) is 7.96. The fraction of sp³-hybridized carbons (Fsp3) is 0.289. The molecule has 0 N–H and O–H groups in total. The van der Waals surface area contributed by atoms with E-state index in [1.54, 1.807) is 6.07 Å². The summed E-state index contributed by atoms with van der Waals surface area (Å²) in [5, 5.41) is 9.11. The molecule has 0 bridgehead atoms. The van der Waals surface area contributed by atoms with Gasteiger partial charge >= 0.3 is 103 Å². The Bertz CT molecular complexity index is 1550. The second kappa shape index (κ2) is 28.6. The summed E-state index contributed by atoms with van der Waals surface area (Å²) >= 11 is 11.6. The Hall–Kier alpha value is -0.847. The molecule has 0 spiro atoms. The third-order valence-corrected chi connectivity index (χ3v) is 8.62. The number of anilines is 1. The van der Waals surface area contributed by atoms with Crippen molar-refractivity contribution >= 4 is 47.9 Å². The van der Waals surface area contributed by atoms with E-state index in [0.29, 0.717) is 16.9 Å². The van der Waals surface area contributed by atoms with Crippen molar-refractivity contribution in [3.63, 3.8) is 0 Å². The van der Waals surface area contributed by atoms with E-state index in [-0.39, 0.29) is 121 Å². The predicted octanol–water partition coefficient (Wildman–Crippen LogP) is 0.994. The molecule has 2 aliphatic rings. The molecule has 51 heavy (non-hydrogen) atoms. The molecule has 2 fully saturated rings. The summed E-state index contributed by atoms with van der Waals surface area (Å²) < 4.78 is 12.5. The number of likely N-dealkylation sites (tertiary alicyclic amines) is 1. The number of hydrogen-bond acceptors (Lipinski definition) is 8. The van der Waals surface area contributed by atoms with E-state index >= 15 is 0 Å². The molecule has 0 atom stereocenters. The molecule has 0 saturated carbocycles. The van der Waals surface area contributed by atoms with E-state index in [2.05, 4.69) is 74.2 Å². The van der Waals surface area contributed by atoms with Crippen molar-refractivity contribution < 1.29 is 133 Å². The van der Waals surface area contributed by atoms with Crippen molar-refractivity contribution in [3.05, 3.63) is 135 Å². The number of piperidine rings is 1. The fourth-order valence-electron chi connectivity index (χ4n) is 5.49. The normalized spacial score (nSPS) is 13.8. The third kappa shape index (κ3) is 17.9. The van der Waals surface area contributed by atoms with Crippen LogP contribution in [0.5, 0.6) is 0 Å². The maximum atomic E-state index is 12.5. The van der Waals surface area contributed by atoms with E-state index in [4.69, 9.17) is 33.3 Å². The molecule has 0 amide bonds. The van der Waals surface area contributed by atoms with Gasteiger partial charge in [-0.3, -0.25) is 24.2 Å². The Morgan fingerprint density at radius 1 is 0.627 bits per heavy atom. The molecule has 4 aromatic rings. The maximum Gasteiger partial charge on any atom is 1.00 e. The number of benzene rings is 4. The molecule has 0 radical (unpaired) electrons. The number of nitrogens with zero attached hydrogens (tertiary/aromatic N) is 3.